The molecule has 3 aliphatic rings. The number of amides is 1. The number of hydrogen-bond donors (Lipinski definition) is 1. The van der Waals surface area contributed by atoms with Crippen LogP contribution in [0.5, 0.6) is 0 Å². The van der Waals surface area contributed by atoms with Gasteiger partial charge in [0.15, 0.2) is 0 Å². The summed E-state index contributed by atoms with van der Waals surface area (Å²) in [6.07, 6.45) is 4.56. The van der Waals surface area contributed by atoms with Crippen LogP contribution >= 0.6 is 0 Å². The molecule has 3 rings (SSSR count). The molecule has 17 heavy (non-hydrogen) atoms. The van der Waals surface area contributed by atoms with E-state index >= 15 is 0 Å². The second-order valence-corrected chi connectivity index (χ2v) is 5.07. The summed E-state index contributed by atoms with van der Waals surface area (Å²) in [5.74, 6) is 1.40. The summed E-state index contributed by atoms with van der Waals surface area (Å²) in [4.78, 5) is 13.8. The predicted octanol–water partition coefficient (Wildman–Crippen LogP) is 0.645. The Morgan fingerprint density at radius 2 is 2.47 bits per heavy atom. The lowest BCUT2D eigenvalue weighted by Crippen LogP contribution is -2.56. The van der Waals surface area contributed by atoms with Crippen LogP contribution in [-0.4, -0.2) is 50.2 Å². The average Bonchev–Trinajstić information content (AvgIpc) is 2.37. The Morgan fingerprint density at radius 1 is 1.65 bits per heavy atom. The molecule has 0 aromatic carbocycles. The van der Waals surface area contributed by atoms with Gasteiger partial charge in [0.1, 0.15) is 6.61 Å². The molecule has 4 nitrogen and oxygen atoms in total. The molecule has 96 valence electrons. The maximum Gasteiger partial charge on any atom is 0.246 e. The van der Waals surface area contributed by atoms with E-state index in [-0.39, 0.29) is 12.5 Å². The van der Waals surface area contributed by atoms with Crippen LogP contribution in [0, 0.1) is 11.8 Å². The van der Waals surface area contributed by atoms with E-state index in [1.165, 1.54) is 19.4 Å². The maximum atomic E-state index is 11.3. The summed E-state index contributed by atoms with van der Waals surface area (Å²) in [6.45, 7) is 7.10. The van der Waals surface area contributed by atoms with Crippen molar-refractivity contribution in [3.8, 4) is 0 Å². The number of nitrogens with one attached hydrogen (secondary N) is 1. The molecule has 3 fully saturated rings. The van der Waals surface area contributed by atoms with Crippen molar-refractivity contribution in [2.24, 2.45) is 11.8 Å². The van der Waals surface area contributed by atoms with Crippen molar-refractivity contribution in [1.29, 1.82) is 0 Å². The average molecular weight is 238 g/mol. The Kier molecular flexibility index (Phi) is 4.18. The van der Waals surface area contributed by atoms with E-state index in [0.717, 1.165) is 19.0 Å². The van der Waals surface area contributed by atoms with E-state index in [0.29, 0.717) is 12.0 Å². The van der Waals surface area contributed by atoms with E-state index < -0.39 is 0 Å². The molecule has 3 aliphatic heterocycles. The lowest BCUT2D eigenvalue weighted by Gasteiger charge is -2.49. The molecule has 2 bridgehead atoms. The van der Waals surface area contributed by atoms with Gasteiger partial charge in [0.2, 0.25) is 5.91 Å². The van der Waals surface area contributed by atoms with E-state index in [9.17, 15) is 4.79 Å². The highest BCUT2D eigenvalue weighted by molar-refractivity contribution is 5.77. The fourth-order valence-corrected chi connectivity index (χ4v) is 3.07. The third kappa shape index (κ3) is 2.87. The first-order valence-corrected chi connectivity index (χ1v) is 6.36. The molecule has 1 amide bonds. The van der Waals surface area contributed by atoms with Crippen molar-refractivity contribution in [2.45, 2.75) is 18.9 Å². The van der Waals surface area contributed by atoms with Crippen LogP contribution in [0.15, 0.2) is 12.7 Å². The van der Waals surface area contributed by atoms with Gasteiger partial charge in [-0.15, -0.1) is 6.58 Å². The van der Waals surface area contributed by atoms with Gasteiger partial charge < -0.3 is 10.1 Å². The normalized spacial score (nSPS) is 35.6. The fourth-order valence-electron chi connectivity index (χ4n) is 3.07. The molecular weight excluding hydrogens is 216 g/mol. The van der Waals surface area contributed by atoms with E-state index in [1.54, 1.807) is 7.11 Å². The number of hydrogen-bond acceptors (Lipinski definition) is 3. The summed E-state index contributed by atoms with van der Waals surface area (Å²) in [7, 11) is 1.54. The number of carbonyl (C=O) groups is 1. The van der Waals surface area contributed by atoms with E-state index in [1.807, 2.05) is 0 Å². The zero-order valence-corrected chi connectivity index (χ0v) is 10.5. The SMILES string of the molecule is C=C[C@H]1CN2CC[C@@H]1C[C@@H]2CNC(=O)COC. The largest absolute Gasteiger partial charge is 0.375 e. The first-order chi connectivity index (χ1) is 8.24. The molecule has 0 aromatic rings. The van der Waals surface area contributed by atoms with Crippen molar-refractivity contribution in [1.82, 2.24) is 10.2 Å². The van der Waals surface area contributed by atoms with Gasteiger partial charge in [0.05, 0.1) is 0 Å². The number of carbonyl (C=O) groups excluding carboxylic acids is 1. The third-order valence-corrected chi connectivity index (χ3v) is 4.04. The molecule has 0 aromatic heterocycles. The number of piperidine rings is 3. The van der Waals surface area contributed by atoms with Crippen LogP contribution < -0.4 is 5.32 Å². The van der Waals surface area contributed by atoms with Gasteiger partial charge in [-0.2, -0.15) is 0 Å². The van der Waals surface area contributed by atoms with Gasteiger partial charge in [0, 0.05) is 26.2 Å². The van der Waals surface area contributed by atoms with Crippen LogP contribution in [0.1, 0.15) is 12.8 Å². The van der Waals surface area contributed by atoms with Gasteiger partial charge in [-0.3, -0.25) is 9.69 Å². The number of fused-ring (bicyclic) bond motifs is 3. The molecule has 0 saturated carbocycles. The molecule has 4 atom stereocenters. The monoisotopic (exact) mass is 238 g/mol. The van der Waals surface area contributed by atoms with Gasteiger partial charge in [-0.25, -0.2) is 0 Å². The first kappa shape index (κ1) is 12.6. The highest BCUT2D eigenvalue weighted by Gasteiger charge is 2.38. The van der Waals surface area contributed by atoms with Crippen LogP contribution in [0.4, 0.5) is 0 Å². The minimum Gasteiger partial charge on any atom is -0.375 e. The quantitative estimate of drug-likeness (QED) is 0.715. The number of ether oxygens (including phenoxy) is 1. The van der Waals surface area contributed by atoms with E-state index in [4.69, 9.17) is 4.74 Å². The summed E-state index contributed by atoms with van der Waals surface area (Å²) >= 11 is 0. The Labute approximate surface area is 103 Å². The van der Waals surface area contributed by atoms with Crippen LogP contribution in [0.3, 0.4) is 0 Å². The van der Waals surface area contributed by atoms with Crippen molar-refractivity contribution in [2.75, 3.05) is 33.4 Å². The van der Waals surface area contributed by atoms with E-state index in [2.05, 4.69) is 22.9 Å². The molecular formula is C13H22N2O2. The topological polar surface area (TPSA) is 41.6 Å². The van der Waals surface area contributed by atoms with Crippen molar-refractivity contribution < 1.29 is 9.53 Å². The third-order valence-electron chi connectivity index (χ3n) is 4.04. The zero-order valence-electron chi connectivity index (χ0n) is 10.5. The second-order valence-electron chi connectivity index (χ2n) is 5.07. The Balaban J connectivity index is 1.80. The maximum absolute atomic E-state index is 11.3. The van der Waals surface area contributed by atoms with Gasteiger partial charge in [0.25, 0.3) is 0 Å². The molecule has 0 radical (unpaired) electrons. The number of nitrogens with zero attached hydrogens (tertiary/aromatic N) is 1. The molecule has 1 unspecified atom stereocenters. The van der Waals surface area contributed by atoms with Crippen LogP contribution in [-0.2, 0) is 9.53 Å². The summed E-state index contributed by atoms with van der Waals surface area (Å²) in [6, 6.07) is 0.505. The molecule has 4 heteroatoms. The van der Waals surface area contributed by atoms with Crippen LogP contribution in [0.25, 0.3) is 0 Å². The molecule has 3 saturated heterocycles. The molecule has 3 heterocycles. The smallest absolute Gasteiger partial charge is 0.246 e. The minimum absolute atomic E-state index is 0.0181. The van der Waals surface area contributed by atoms with Gasteiger partial charge >= 0.3 is 0 Å². The van der Waals surface area contributed by atoms with Gasteiger partial charge in [-0.05, 0) is 31.2 Å². The first-order valence-electron chi connectivity index (χ1n) is 6.36. The number of rotatable bonds is 5. The van der Waals surface area contributed by atoms with Crippen molar-refractivity contribution in [3.63, 3.8) is 0 Å². The Bertz CT molecular complexity index is 293. The summed E-state index contributed by atoms with van der Waals surface area (Å²) < 4.78 is 4.80. The Morgan fingerprint density at radius 3 is 3.06 bits per heavy atom. The highest BCUT2D eigenvalue weighted by Crippen LogP contribution is 2.36. The fraction of sp³-hybridized carbons (Fsp3) is 0.769. The molecule has 1 N–H and O–H groups in total. The van der Waals surface area contributed by atoms with Crippen LogP contribution in [0.2, 0.25) is 0 Å². The Hall–Kier alpha value is -0.870. The molecule has 0 aliphatic carbocycles. The zero-order chi connectivity index (χ0) is 12.3. The summed E-state index contributed by atoms with van der Waals surface area (Å²) in [5.41, 5.74) is 0. The van der Waals surface area contributed by atoms with Crippen molar-refractivity contribution >= 4 is 5.91 Å². The minimum atomic E-state index is -0.0181. The van der Waals surface area contributed by atoms with Gasteiger partial charge in [-0.1, -0.05) is 6.08 Å². The lowest BCUT2D eigenvalue weighted by molar-refractivity contribution is -0.125. The molecule has 0 spiro atoms. The second kappa shape index (κ2) is 5.65. The predicted molar refractivity (Wildman–Crippen MR) is 66.7 cm³/mol. The number of methoxy groups -OCH3 is 1. The van der Waals surface area contributed by atoms with Crippen molar-refractivity contribution in [3.05, 3.63) is 12.7 Å². The standard InChI is InChI=1S/C13H22N2O2/c1-3-10-8-15-5-4-11(10)6-12(15)7-14-13(16)9-17-2/h3,10-12H,1,4-9H2,2H3,(H,14,16)/t10-,11+,12+/m0/s1. The summed E-state index contributed by atoms with van der Waals surface area (Å²) in [5, 5.41) is 2.94. The highest BCUT2D eigenvalue weighted by atomic mass is 16.5. The lowest BCUT2D eigenvalue weighted by atomic mass is 9.75.